The number of benzene rings is 2. The van der Waals surface area contributed by atoms with Crippen molar-refractivity contribution >= 4 is 23.2 Å². The average molecular weight is 442 g/mol. The van der Waals surface area contributed by atoms with Crippen LogP contribution in [-0.2, 0) is 11.2 Å². The minimum absolute atomic E-state index is 0.0463. The second-order valence-corrected chi connectivity index (χ2v) is 7.68. The molecule has 2 amide bonds. The molecule has 1 heterocycles. The molecule has 0 bridgehead atoms. The summed E-state index contributed by atoms with van der Waals surface area (Å²) >= 11 is 1.52. The van der Waals surface area contributed by atoms with E-state index in [1.54, 1.807) is 0 Å². The summed E-state index contributed by atoms with van der Waals surface area (Å²) < 4.78 is 15.7. The average Bonchev–Trinajstić information content (AvgIpc) is 3.16. The second-order valence-electron chi connectivity index (χ2n) is 6.48. The van der Waals surface area contributed by atoms with Crippen molar-refractivity contribution in [3.63, 3.8) is 0 Å². The van der Waals surface area contributed by atoms with Crippen LogP contribution in [0, 0.1) is 6.92 Å². The predicted molar refractivity (Wildman–Crippen MR) is 118 cm³/mol. The molecule has 3 aromatic rings. The minimum Gasteiger partial charge on any atom is -0.493 e. The smallest absolute Gasteiger partial charge is 0.269 e. The van der Waals surface area contributed by atoms with E-state index in [-0.39, 0.29) is 17.9 Å². The van der Waals surface area contributed by atoms with E-state index in [1.807, 2.05) is 37.3 Å². The first-order chi connectivity index (χ1) is 15.0. The SMILES string of the molecule is COc1cc(C(=O)NNC(=O)Cc2nc(-c3ccccc3)sc2C)cc(OC)c1OC. The monoisotopic (exact) mass is 441 g/mol. The Balaban J connectivity index is 1.65. The number of amides is 2. The fraction of sp³-hybridized carbons (Fsp3) is 0.227. The van der Waals surface area contributed by atoms with Crippen LogP contribution >= 0.6 is 11.3 Å². The first-order valence-corrected chi connectivity index (χ1v) is 10.2. The molecule has 0 saturated carbocycles. The normalized spacial score (nSPS) is 10.3. The Morgan fingerprint density at radius 1 is 0.968 bits per heavy atom. The highest BCUT2D eigenvalue weighted by Gasteiger charge is 2.18. The molecule has 2 N–H and O–H groups in total. The van der Waals surface area contributed by atoms with Gasteiger partial charge in [-0.3, -0.25) is 20.4 Å². The number of methoxy groups -OCH3 is 3. The van der Waals surface area contributed by atoms with Crippen LogP contribution in [0.25, 0.3) is 10.6 Å². The van der Waals surface area contributed by atoms with Gasteiger partial charge in [-0.15, -0.1) is 11.3 Å². The molecule has 31 heavy (non-hydrogen) atoms. The van der Waals surface area contributed by atoms with Crippen molar-refractivity contribution in [2.75, 3.05) is 21.3 Å². The fourth-order valence-corrected chi connectivity index (χ4v) is 3.84. The molecule has 1 aromatic heterocycles. The lowest BCUT2D eigenvalue weighted by Gasteiger charge is -2.14. The largest absolute Gasteiger partial charge is 0.493 e. The Labute approximate surface area is 184 Å². The first kappa shape index (κ1) is 22.1. The van der Waals surface area contributed by atoms with Crippen LogP contribution in [0.2, 0.25) is 0 Å². The van der Waals surface area contributed by atoms with Gasteiger partial charge in [-0.05, 0) is 19.1 Å². The molecule has 0 spiro atoms. The van der Waals surface area contributed by atoms with Crippen molar-refractivity contribution < 1.29 is 23.8 Å². The highest BCUT2D eigenvalue weighted by molar-refractivity contribution is 7.15. The topological polar surface area (TPSA) is 98.8 Å². The number of nitrogens with one attached hydrogen (secondary N) is 2. The molecule has 0 saturated heterocycles. The second kappa shape index (κ2) is 9.94. The lowest BCUT2D eigenvalue weighted by Crippen LogP contribution is -2.42. The van der Waals surface area contributed by atoms with E-state index in [2.05, 4.69) is 15.8 Å². The Morgan fingerprint density at radius 3 is 2.19 bits per heavy atom. The summed E-state index contributed by atoms with van der Waals surface area (Å²) in [4.78, 5) is 30.4. The van der Waals surface area contributed by atoms with Crippen molar-refractivity contribution in [3.05, 3.63) is 58.6 Å². The lowest BCUT2D eigenvalue weighted by atomic mass is 10.1. The summed E-state index contributed by atoms with van der Waals surface area (Å²) in [5.74, 6) is 0.148. The molecule has 0 aliphatic heterocycles. The standard InChI is InChI=1S/C22H23N3O5S/c1-13-16(23-22(31-13)14-8-6-5-7-9-14)12-19(26)24-25-21(27)15-10-17(28-2)20(30-4)18(11-15)29-3/h5-11H,12H2,1-4H3,(H,24,26)(H,25,27). The number of hydrazine groups is 1. The maximum atomic E-state index is 12.5. The zero-order valence-electron chi connectivity index (χ0n) is 17.6. The van der Waals surface area contributed by atoms with Crippen LogP contribution in [-0.4, -0.2) is 38.1 Å². The van der Waals surface area contributed by atoms with Crippen molar-refractivity contribution in [2.45, 2.75) is 13.3 Å². The molecule has 8 nitrogen and oxygen atoms in total. The van der Waals surface area contributed by atoms with Gasteiger partial charge in [0.1, 0.15) is 5.01 Å². The molecular weight excluding hydrogens is 418 g/mol. The molecule has 2 aromatic carbocycles. The van der Waals surface area contributed by atoms with Crippen LogP contribution in [0.3, 0.4) is 0 Å². The summed E-state index contributed by atoms with van der Waals surface area (Å²) in [6, 6.07) is 12.8. The van der Waals surface area contributed by atoms with E-state index in [0.717, 1.165) is 15.4 Å². The number of carbonyl (C=O) groups is 2. The van der Waals surface area contributed by atoms with Crippen LogP contribution < -0.4 is 25.1 Å². The highest BCUT2D eigenvalue weighted by Crippen LogP contribution is 2.38. The summed E-state index contributed by atoms with van der Waals surface area (Å²) in [5.41, 5.74) is 6.73. The van der Waals surface area contributed by atoms with E-state index in [0.29, 0.717) is 22.9 Å². The zero-order valence-corrected chi connectivity index (χ0v) is 18.5. The van der Waals surface area contributed by atoms with E-state index < -0.39 is 5.91 Å². The lowest BCUT2D eigenvalue weighted by molar-refractivity contribution is -0.121. The summed E-state index contributed by atoms with van der Waals surface area (Å²) in [5, 5.41) is 0.849. The maximum absolute atomic E-state index is 12.5. The predicted octanol–water partition coefficient (Wildman–Crippen LogP) is 3.15. The summed E-state index contributed by atoms with van der Waals surface area (Å²) in [6.45, 7) is 1.92. The van der Waals surface area contributed by atoms with Gasteiger partial charge in [0.15, 0.2) is 11.5 Å². The summed E-state index contributed by atoms with van der Waals surface area (Å²) in [6.07, 6.45) is 0.0463. The van der Waals surface area contributed by atoms with Crippen molar-refractivity contribution in [2.24, 2.45) is 0 Å². The molecular formula is C22H23N3O5S. The molecule has 9 heteroatoms. The number of thiazole rings is 1. The van der Waals surface area contributed by atoms with Gasteiger partial charge in [0.05, 0.1) is 33.4 Å². The van der Waals surface area contributed by atoms with Gasteiger partial charge in [-0.1, -0.05) is 30.3 Å². The van der Waals surface area contributed by atoms with Crippen molar-refractivity contribution in [1.82, 2.24) is 15.8 Å². The number of aromatic nitrogens is 1. The third kappa shape index (κ3) is 5.13. The number of nitrogens with zero attached hydrogens (tertiary/aromatic N) is 1. The molecule has 0 aliphatic rings. The zero-order chi connectivity index (χ0) is 22.4. The van der Waals surface area contributed by atoms with Crippen LogP contribution in [0.1, 0.15) is 20.9 Å². The van der Waals surface area contributed by atoms with Gasteiger partial charge < -0.3 is 14.2 Å². The molecule has 0 radical (unpaired) electrons. The van der Waals surface area contributed by atoms with Gasteiger partial charge in [-0.2, -0.15) is 0 Å². The van der Waals surface area contributed by atoms with Crippen LogP contribution in [0.4, 0.5) is 0 Å². The van der Waals surface area contributed by atoms with Gasteiger partial charge in [-0.25, -0.2) is 4.98 Å². The number of carbonyl (C=O) groups excluding carboxylic acids is 2. The molecule has 3 rings (SSSR count). The number of ether oxygens (including phenoxy) is 3. The fourth-order valence-electron chi connectivity index (χ4n) is 2.90. The van der Waals surface area contributed by atoms with Crippen molar-refractivity contribution in [1.29, 1.82) is 0 Å². The van der Waals surface area contributed by atoms with E-state index >= 15 is 0 Å². The van der Waals surface area contributed by atoms with Crippen LogP contribution in [0.5, 0.6) is 17.2 Å². The highest BCUT2D eigenvalue weighted by atomic mass is 32.1. The van der Waals surface area contributed by atoms with E-state index in [4.69, 9.17) is 14.2 Å². The maximum Gasteiger partial charge on any atom is 0.269 e. The first-order valence-electron chi connectivity index (χ1n) is 9.37. The number of hydrogen-bond acceptors (Lipinski definition) is 7. The molecule has 0 unspecified atom stereocenters. The molecule has 0 atom stereocenters. The van der Waals surface area contributed by atoms with Gasteiger partial charge in [0, 0.05) is 16.0 Å². The van der Waals surface area contributed by atoms with Crippen LogP contribution in [0.15, 0.2) is 42.5 Å². The Kier molecular flexibility index (Phi) is 7.09. The minimum atomic E-state index is -0.521. The van der Waals surface area contributed by atoms with Gasteiger partial charge in [0.25, 0.3) is 5.91 Å². The van der Waals surface area contributed by atoms with Gasteiger partial charge in [0.2, 0.25) is 11.7 Å². The van der Waals surface area contributed by atoms with Gasteiger partial charge >= 0.3 is 0 Å². The van der Waals surface area contributed by atoms with E-state index in [1.165, 1.54) is 44.8 Å². The number of hydrogen-bond donors (Lipinski definition) is 2. The number of aryl methyl sites for hydroxylation is 1. The Morgan fingerprint density at radius 2 is 1.61 bits per heavy atom. The molecule has 0 aliphatic carbocycles. The molecule has 0 fully saturated rings. The van der Waals surface area contributed by atoms with Crippen molar-refractivity contribution in [3.8, 4) is 27.8 Å². The van der Waals surface area contributed by atoms with E-state index in [9.17, 15) is 9.59 Å². The number of rotatable bonds is 7. The third-order valence-electron chi connectivity index (χ3n) is 4.48. The third-order valence-corrected chi connectivity index (χ3v) is 5.55. The summed E-state index contributed by atoms with van der Waals surface area (Å²) in [7, 11) is 4.39. The quantitative estimate of drug-likeness (QED) is 0.547. The Hall–Kier alpha value is -3.59. The Bertz CT molecular complexity index is 1060. The molecule has 162 valence electrons.